The van der Waals surface area contributed by atoms with E-state index in [1.54, 1.807) is 0 Å². The van der Waals surface area contributed by atoms with Gasteiger partial charge in [-0.1, -0.05) is 117 Å². The average Bonchev–Trinajstić information content (AvgIpc) is 2.57. The maximum Gasteiger partial charge on any atom is -0.00675 e. The van der Waals surface area contributed by atoms with Crippen molar-refractivity contribution in [2.75, 3.05) is 11.5 Å². The number of rotatable bonds is 20. The molecule has 140 valence electrons. The first kappa shape index (κ1) is 23.4. The van der Waals surface area contributed by atoms with E-state index in [1.165, 1.54) is 127 Å². The summed E-state index contributed by atoms with van der Waals surface area (Å²) in [4.78, 5) is 0. The molecule has 0 aliphatic carbocycles. The van der Waals surface area contributed by atoms with Crippen molar-refractivity contribution in [3.63, 3.8) is 0 Å². The molecule has 0 aromatic carbocycles. The highest BCUT2D eigenvalue weighted by Crippen LogP contribution is 2.14. The second-order valence-corrected chi connectivity index (χ2v) is 8.49. The van der Waals surface area contributed by atoms with E-state index >= 15 is 0 Å². The van der Waals surface area contributed by atoms with Crippen LogP contribution in [0.3, 0.4) is 0 Å². The van der Waals surface area contributed by atoms with Crippen molar-refractivity contribution in [1.29, 1.82) is 0 Å². The maximum atomic E-state index is 2.30. The molecule has 0 N–H and O–H groups in total. The number of hydrogen-bond donors (Lipinski definition) is 0. The summed E-state index contributed by atoms with van der Waals surface area (Å²) in [5.74, 6) is 2.81. The predicted molar refractivity (Wildman–Crippen MR) is 112 cm³/mol. The molecule has 0 saturated carbocycles. The minimum Gasteiger partial charge on any atom is -0.162 e. The van der Waals surface area contributed by atoms with E-state index in [0.29, 0.717) is 0 Å². The summed E-state index contributed by atoms with van der Waals surface area (Å²) in [6, 6.07) is 0. The third-order valence-electron chi connectivity index (χ3n) is 4.78. The van der Waals surface area contributed by atoms with Crippen LogP contribution < -0.4 is 0 Å². The van der Waals surface area contributed by atoms with Gasteiger partial charge in [-0.25, -0.2) is 0 Å². The van der Waals surface area contributed by atoms with Crippen molar-refractivity contribution in [2.24, 2.45) is 0 Å². The van der Waals surface area contributed by atoms with Crippen molar-refractivity contribution in [2.45, 2.75) is 129 Å². The lowest BCUT2D eigenvalue weighted by molar-refractivity contribution is 0.538. The summed E-state index contributed by atoms with van der Waals surface area (Å²) in [6.45, 7) is 4.59. The van der Waals surface area contributed by atoms with Gasteiger partial charge in [-0.2, -0.15) is 11.8 Å². The quantitative estimate of drug-likeness (QED) is 0.199. The Bertz CT molecular complexity index is 170. The second-order valence-electron chi connectivity index (χ2n) is 7.27. The normalized spacial score (nSPS) is 11.2. The lowest BCUT2D eigenvalue weighted by Crippen LogP contribution is -1.86. The standard InChI is InChI=1S/C22H46S/c1-3-5-7-9-10-11-12-13-14-15-16-17-18-20-22-23-21-19-8-6-4-2/h3-22H2,1-2H3. The Kier molecular flexibility index (Phi) is 22.7. The minimum absolute atomic E-state index is 1.36. The molecule has 0 amide bonds. The maximum absolute atomic E-state index is 2.30. The van der Waals surface area contributed by atoms with Crippen molar-refractivity contribution < 1.29 is 0 Å². The molecule has 0 bridgehead atoms. The first-order valence-corrected chi connectivity index (χ1v) is 12.1. The zero-order valence-corrected chi connectivity index (χ0v) is 17.4. The van der Waals surface area contributed by atoms with E-state index in [9.17, 15) is 0 Å². The highest BCUT2D eigenvalue weighted by atomic mass is 32.2. The van der Waals surface area contributed by atoms with Gasteiger partial charge in [0.15, 0.2) is 0 Å². The molecule has 0 saturated heterocycles. The van der Waals surface area contributed by atoms with E-state index in [4.69, 9.17) is 0 Å². The van der Waals surface area contributed by atoms with Gasteiger partial charge in [0.1, 0.15) is 0 Å². The van der Waals surface area contributed by atoms with Crippen molar-refractivity contribution in [3.05, 3.63) is 0 Å². The summed E-state index contributed by atoms with van der Waals surface area (Å²) < 4.78 is 0. The number of hydrogen-bond acceptors (Lipinski definition) is 1. The van der Waals surface area contributed by atoms with Crippen LogP contribution in [0.1, 0.15) is 129 Å². The van der Waals surface area contributed by atoms with Crippen molar-refractivity contribution >= 4 is 11.8 Å². The van der Waals surface area contributed by atoms with Crippen LogP contribution in [0.5, 0.6) is 0 Å². The largest absolute Gasteiger partial charge is 0.162 e. The van der Waals surface area contributed by atoms with Crippen LogP contribution in [0.25, 0.3) is 0 Å². The molecular formula is C22H46S. The van der Waals surface area contributed by atoms with Gasteiger partial charge in [0.05, 0.1) is 0 Å². The average molecular weight is 343 g/mol. The zero-order valence-electron chi connectivity index (χ0n) is 16.6. The Balaban J connectivity index is 2.92. The van der Waals surface area contributed by atoms with Crippen LogP contribution in [0.2, 0.25) is 0 Å². The van der Waals surface area contributed by atoms with Crippen molar-refractivity contribution in [3.8, 4) is 0 Å². The Morgan fingerprint density at radius 2 is 0.609 bits per heavy atom. The first-order valence-electron chi connectivity index (χ1n) is 11.0. The van der Waals surface area contributed by atoms with Crippen LogP contribution in [0, 0.1) is 0 Å². The smallest absolute Gasteiger partial charge is 0.00675 e. The van der Waals surface area contributed by atoms with Gasteiger partial charge in [-0.15, -0.1) is 0 Å². The van der Waals surface area contributed by atoms with E-state index in [0.717, 1.165) is 0 Å². The second kappa shape index (κ2) is 22.4. The molecule has 0 atom stereocenters. The molecule has 0 aromatic rings. The summed E-state index contributed by atoms with van der Waals surface area (Å²) in [6.07, 6.45) is 26.2. The lowest BCUT2D eigenvalue weighted by atomic mass is 10.0. The van der Waals surface area contributed by atoms with Gasteiger partial charge >= 0.3 is 0 Å². The van der Waals surface area contributed by atoms with E-state index < -0.39 is 0 Å². The fourth-order valence-electron chi connectivity index (χ4n) is 3.13. The molecule has 1 heteroatoms. The molecule has 0 fully saturated rings. The zero-order chi connectivity index (χ0) is 16.8. The van der Waals surface area contributed by atoms with Gasteiger partial charge in [-0.05, 0) is 24.3 Å². The summed E-state index contributed by atoms with van der Waals surface area (Å²) in [5, 5.41) is 0. The van der Waals surface area contributed by atoms with Crippen LogP contribution >= 0.6 is 11.8 Å². The van der Waals surface area contributed by atoms with E-state index in [-0.39, 0.29) is 0 Å². The molecule has 0 unspecified atom stereocenters. The molecule has 0 rings (SSSR count). The molecule has 0 aliphatic rings. The van der Waals surface area contributed by atoms with Gasteiger partial charge in [0, 0.05) is 0 Å². The molecule has 0 nitrogen and oxygen atoms in total. The molecule has 0 aliphatic heterocycles. The van der Waals surface area contributed by atoms with Crippen LogP contribution in [0.4, 0.5) is 0 Å². The predicted octanol–water partition coefficient (Wildman–Crippen LogP) is 8.78. The van der Waals surface area contributed by atoms with Gasteiger partial charge < -0.3 is 0 Å². The molecule has 0 radical (unpaired) electrons. The van der Waals surface area contributed by atoms with Crippen LogP contribution in [-0.2, 0) is 0 Å². The minimum atomic E-state index is 1.36. The first-order chi connectivity index (χ1) is 11.4. The monoisotopic (exact) mass is 342 g/mol. The number of unbranched alkanes of at least 4 members (excludes halogenated alkanes) is 16. The summed E-state index contributed by atoms with van der Waals surface area (Å²) >= 11 is 2.19. The topological polar surface area (TPSA) is 0 Å². The van der Waals surface area contributed by atoms with Gasteiger partial charge in [0.25, 0.3) is 0 Å². The van der Waals surface area contributed by atoms with Crippen LogP contribution in [-0.4, -0.2) is 11.5 Å². The van der Waals surface area contributed by atoms with Crippen LogP contribution in [0.15, 0.2) is 0 Å². The van der Waals surface area contributed by atoms with E-state index in [2.05, 4.69) is 25.6 Å². The van der Waals surface area contributed by atoms with E-state index in [1.807, 2.05) is 0 Å². The third-order valence-corrected chi connectivity index (χ3v) is 5.94. The molecular weight excluding hydrogens is 296 g/mol. The number of thioether (sulfide) groups is 1. The summed E-state index contributed by atoms with van der Waals surface area (Å²) in [7, 11) is 0. The third kappa shape index (κ3) is 22.4. The molecule has 23 heavy (non-hydrogen) atoms. The highest BCUT2D eigenvalue weighted by Gasteiger charge is 1.95. The molecule has 0 aromatic heterocycles. The Hall–Kier alpha value is 0.350. The molecule has 0 heterocycles. The fourth-order valence-corrected chi connectivity index (χ4v) is 4.15. The fraction of sp³-hybridized carbons (Fsp3) is 1.00. The van der Waals surface area contributed by atoms with Gasteiger partial charge in [-0.3, -0.25) is 0 Å². The highest BCUT2D eigenvalue weighted by molar-refractivity contribution is 7.99. The SMILES string of the molecule is CCCCCCCCCCCCCCCCSCCCCCC. The Morgan fingerprint density at radius 1 is 0.348 bits per heavy atom. The lowest BCUT2D eigenvalue weighted by Gasteiger charge is -2.04. The summed E-state index contributed by atoms with van der Waals surface area (Å²) in [5.41, 5.74) is 0. The van der Waals surface area contributed by atoms with Crippen molar-refractivity contribution in [1.82, 2.24) is 0 Å². The molecule has 0 spiro atoms. The van der Waals surface area contributed by atoms with Gasteiger partial charge in [0.2, 0.25) is 0 Å². The Labute approximate surface area is 153 Å². The Morgan fingerprint density at radius 3 is 0.957 bits per heavy atom.